The van der Waals surface area contributed by atoms with Crippen molar-refractivity contribution in [1.29, 1.82) is 0 Å². The summed E-state index contributed by atoms with van der Waals surface area (Å²) in [4.78, 5) is 0. The molecule has 2 N–H and O–H groups in total. The number of aromatic nitrogens is 2. The number of methoxy groups -OCH3 is 1. The van der Waals surface area contributed by atoms with Gasteiger partial charge in [0.2, 0.25) is 0 Å². The third-order valence-electron chi connectivity index (χ3n) is 4.54. The molecule has 3 aromatic rings. The minimum absolute atomic E-state index is 0.000156. The van der Waals surface area contributed by atoms with Crippen molar-refractivity contribution in [2.45, 2.75) is 25.4 Å². The van der Waals surface area contributed by atoms with Gasteiger partial charge in [-0.25, -0.2) is 9.07 Å². The van der Waals surface area contributed by atoms with Gasteiger partial charge in [-0.15, -0.1) is 0 Å². The molecule has 1 aromatic heterocycles. The summed E-state index contributed by atoms with van der Waals surface area (Å²) >= 11 is 0. The van der Waals surface area contributed by atoms with Gasteiger partial charge in [-0.3, -0.25) is 0 Å². The highest BCUT2D eigenvalue weighted by molar-refractivity contribution is 5.63. The lowest BCUT2D eigenvalue weighted by Crippen LogP contribution is -2.22. The van der Waals surface area contributed by atoms with Crippen LogP contribution in [-0.4, -0.2) is 33.7 Å². The van der Waals surface area contributed by atoms with Gasteiger partial charge in [-0.2, -0.15) is 5.10 Å². The zero-order valence-corrected chi connectivity index (χ0v) is 15.4. The molecule has 0 bridgehead atoms. The Morgan fingerprint density at radius 1 is 1.11 bits per heavy atom. The number of aliphatic hydroxyl groups excluding tert-OH is 1. The predicted molar refractivity (Wildman–Crippen MR) is 101 cm³/mol. The van der Waals surface area contributed by atoms with Gasteiger partial charge in [0.15, 0.2) is 0 Å². The van der Waals surface area contributed by atoms with E-state index in [2.05, 4.69) is 5.10 Å². The number of hydrogen-bond donors (Lipinski definition) is 2. The van der Waals surface area contributed by atoms with E-state index in [9.17, 15) is 9.50 Å². The molecule has 0 radical (unpaired) electrons. The van der Waals surface area contributed by atoms with Gasteiger partial charge in [0.25, 0.3) is 0 Å². The Morgan fingerprint density at radius 2 is 1.78 bits per heavy atom. The van der Waals surface area contributed by atoms with E-state index in [1.54, 1.807) is 36.9 Å². The van der Waals surface area contributed by atoms with E-state index in [4.69, 9.17) is 9.84 Å². The van der Waals surface area contributed by atoms with Crippen molar-refractivity contribution in [3.63, 3.8) is 0 Å². The molecule has 0 saturated heterocycles. The molecule has 0 amide bonds. The van der Waals surface area contributed by atoms with Crippen molar-refractivity contribution < 1.29 is 19.3 Å². The highest BCUT2D eigenvalue weighted by atomic mass is 19.1. The maximum Gasteiger partial charge on any atom is 0.123 e. The van der Waals surface area contributed by atoms with Crippen molar-refractivity contribution in [1.82, 2.24) is 9.78 Å². The number of nitrogens with zero attached hydrogens (tertiary/aromatic N) is 2. The van der Waals surface area contributed by atoms with Crippen molar-refractivity contribution in [2.75, 3.05) is 13.7 Å². The third kappa shape index (κ3) is 4.18. The highest BCUT2D eigenvalue weighted by Gasteiger charge is 2.27. The summed E-state index contributed by atoms with van der Waals surface area (Å²) in [6.45, 7) is 1.68. The zero-order valence-electron chi connectivity index (χ0n) is 15.4. The zero-order chi connectivity index (χ0) is 19.4. The fourth-order valence-electron chi connectivity index (χ4n) is 2.94. The molecule has 142 valence electrons. The fourth-order valence-corrected chi connectivity index (χ4v) is 2.94. The molecule has 0 aliphatic carbocycles. The Kier molecular flexibility index (Phi) is 5.58. The first-order valence-electron chi connectivity index (χ1n) is 8.79. The van der Waals surface area contributed by atoms with Crippen LogP contribution >= 0.6 is 0 Å². The van der Waals surface area contributed by atoms with E-state index >= 15 is 0 Å². The Morgan fingerprint density at radius 3 is 2.37 bits per heavy atom. The minimum Gasteiger partial charge on any atom is -0.497 e. The van der Waals surface area contributed by atoms with Gasteiger partial charge in [-0.05, 0) is 74.4 Å². The first kappa shape index (κ1) is 19.1. The van der Waals surface area contributed by atoms with E-state index < -0.39 is 5.60 Å². The van der Waals surface area contributed by atoms with Crippen LogP contribution in [0.3, 0.4) is 0 Å². The summed E-state index contributed by atoms with van der Waals surface area (Å²) in [5, 5.41) is 24.5. The monoisotopic (exact) mass is 370 g/mol. The molecule has 27 heavy (non-hydrogen) atoms. The molecule has 5 nitrogen and oxygen atoms in total. The second-order valence-corrected chi connectivity index (χ2v) is 6.63. The van der Waals surface area contributed by atoms with Crippen molar-refractivity contribution in [3.8, 4) is 22.7 Å². The molecule has 0 aliphatic rings. The summed E-state index contributed by atoms with van der Waals surface area (Å²) in [6, 6.07) is 15.3. The van der Waals surface area contributed by atoms with Crippen LogP contribution in [0.1, 0.15) is 25.5 Å². The maximum atomic E-state index is 13.3. The van der Waals surface area contributed by atoms with E-state index in [1.807, 2.05) is 24.3 Å². The number of hydrogen-bond acceptors (Lipinski definition) is 4. The van der Waals surface area contributed by atoms with Gasteiger partial charge in [0.05, 0.1) is 24.2 Å². The maximum absolute atomic E-state index is 13.3. The molecule has 1 unspecified atom stereocenters. The van der Waals surface area contributed by atoms with E-state index in [1.165, 1.54) is 12.1 Å². The quantitative estimate of drug-likeness (QED) is 0.666. The van der Waals surface area contributed by atoms with Crippen LogP contribution in [0.4, 0.5) is 4.39 Å². The summed E-state index contributed by atoms with van der Waals surface area (Å²) in [5.74, 6) is 0.411. The normalized spacial score (nSPS) is 13.4. The van der Waals surface area contributed by atoms with Crippen LogP contribution < -0.4 is 4.74 Å². The molecule has 3 rings (SSSR count). The topological polar surface area (TPSA) is 67.5 Å². The minimum atomic E-state index is -1.19. The molecular weight excluding hydrogens is 347 g/mol. The molecule has 6 heteroatoms. The average Bonchev–Trinajstić information content (AvgIpc) is 3.13. The van der Waals surface area contributed by atoms with Crippen LogP contribution in [0.15, 0.2) is 54.6 Å². The third-order valence-corrected chi connectivity index (χ3v) is 4.54. The van der Waals surface area contributed by atoms with Crippen molar-refractivity contribution in [2.24, 2.45) is 0 Å². The molecule has 0 saturated carbocycles. The second-order valence-electron chi connectivity index (χ2n) is 6.63. The summed E-state index contributed by atoms with van der Waals surface area (Å²) in [6.07, 6.45) is 0.847. The Balaban J connectivity index is 2.09. The lowest BCUT2D eigenvalue weighted by atomic mass is 9.96. The van der Waals surface area contributed by atoms with Gasteiger partial charge in [0, 0.05) is 12.2 Å². The Labute approximate surface area is 157 Å². The molecule has 1 atom stereocenters. The number of rotatable bonds is 7. The van der Waals surface area contributed by atoms with Gasteiger partial charge in [-0.1, -0.05) is 0 Å². The summed E-state index contributed by atoms with van der Waals surface area (Å²) in [5.41, 5.74) is 1.61. The second kappa shape index (κ2) is 7.90. The first-order chi connectivity index (χ1) is 12.9. The van der Waals surface area contributed by atoms with Crippen LogP contribution in [0, 0.1) is 5.82 Å². The molecule has 0 spiro atoms. The Bertz CT molecular complexity index is 887. The van der Waals surface area contributed by atoms with Crippen LogP contribution in [0.5, 0.6) is 5.75 Å². The lowest BCUT2D eigenvalue weighted by Gasteiger charge is -2.20. The molecule has 0 fully saturated rings. The number of ether oxygens (including phenoxy) is 1. The smallest absolute Gasteiger partial charge is 0.123 e. The lowest BCUT2D eigenvalue weighted by molar-refractivity contribution is 0.0357. The molecular formula is C21H23FN2O3. The molecule has 0 aliphatic heterocycles. The van der Waals surface area contributed by atoms with Gasteiger partial charge in [0.1, 0.15) is 17.2 Å². The summed E-state index contributed by atoms with van der Waals surface area (Å²) < 4.78 is 20.3. The average molecular weight is 370 g/mol. The standard InChI is InChI=1S/C21H23FN2O3/c1-21(26,12-3-13-25)20-14-19(15-4-6-16(22)7-5-15)24(23-20)17-8-10-18(27-2)11-9-17/h4-11,14,25-26H,3,12-13H2,1-2H3. The number of benzene rings is 2. The van der Waals surface area contributed by atoms with E-state index in [0.29, 0.717) is 18.5 Å². The first-order valence-corrected chi connectivity index (χ1v) is 8.79. The van der Waals surface area contributed by atoms with Crippen molar-refractivity contribution in [3.05, 3.63) is 66.1 Å². The van der Waals surface area contributed by atoms with Gasteiger partial charge >= 0.3 is 0 Å². The molecule has 1 heterocycles. The van der Waals surface area contributed by atoms with Crippen LogP contribution in [0.2, 0.25) is 0 Å². The van der Waals surface area contributed by atoms with Crippen LogP contribution in [0.25, 0.3) is 16.9 Å². The Hall–Kier alpha value is -2.70. The fraction of sp³-hybridized carbons (Fsp3) is 0.286. The van der Waals surface area contributed by atoms with Crippen molar-refractivity contribution >= 4 is 0 Å². The highest BCUT2D eigenvalue weighted by Crippen LogP contribution is 2.31. The largest absolute Gasteiger partial charge is 0.497 e. The predicted octanol–water partition coefficient (Wildman–Crippen LogP) is 3.67. The molecule has 2 aromatic carbocycles. The van der Waals surface area contributed by atoms with Gasteiger partial charge < -0.3 is 14.9 Å². The number of halogens is 1. The number of aliphatic hydroxyl groups is 2. The SMILES string of the molecule is COc1ccc(-n2nc(C(C)(O)CCCO)cc2-c2ccc(F)cc2)cc1. The van der Waals surface area contributed by atoms with E-state index in [-0.39, 0.29) is 12.4 Å². The van der Waals surface area contributed by atoms with E-state index in [0.717, 1.165) is 22.7 Å². The summed E-state index contributed by atoms with van der Waals surface area (Å²) in [7, 11) is 1.60. The van der Waals surface area contributed by atoms with Crippen LogP contribution in [-0.2, 0) is 5.60 Å².